The van der Waals surface area contributed by atoms with Crippen LogP contribution in [0, 0.1) is 0 Å². The van der Waals surface area contributed by atoms with E-state index in [0.717, 1.165) is 41.3 Å². The molecule has 4 rings (SSSR count). The lowest BCUT2D eigenvalue weighted by molar-refractivity contribution is 0.174. The van der Waals surface area contributed by atoms with Crippen molar-refractivity contribution in [3.05, 3.63) is 60.7 Å². The third kappa shape index (κ3) is 4.17. The lowest BCUT2D eigenvalue weighted by Gasteiger charge is -2.27. The van der Waals surface area contributed by atoms with Gasteiger partial charge in [0.05, 0.1) is 6.54 Å². The Kier molecular flexibility index (Phi) is 5.16. The van der Waals surface area contributed by atoms with Crippen molar-refractivity contribution >= 4 is 23.0 Å². The van der Waals surface area contributed by atoms with Crippen molar-refractivity contribution in [3.63, 3.8) is 0 Å². The maximum absolute atomic E-state index is 5.82. The molecule has 0 radical (unpaired) electrons. The number of anilines is 1. The summed E-state index contributed by atoms with van der Waals surface area (Å²) in [5.74, 6) is 2.33. The van der Waals surface area contributed by atoms with Crippen LogP contribution in [0.15, 0.2) is 55.1 Å². The molecule has 0 aromatic heterocycles. The average Bonchev–Trinajstić information content (AvgIpc) is 3.37. The Morgan fingerprint density at radius 2 is 2.04 bits per heavy atom. The van der Waals surface area contributed by atoms with Crippen LogP contribution in [-0.2, 0) is 6.54 Å². The van der Waals surface area contributed by atoms with Crippen LogP contribution in [0.1, 0.15) is 18.4 Å². The molecule has 5 nitrogen and oxygen atoms in total. The molecule has 0 unspecified atom stereocenters. The highest BCUT2D eigenvalue weighted by atomic mass is 32.1. The van der Waals surface area contributed by atoms with Gasteiger partial charge in [0.2, 0.25) is 6.79 Å². The van der Waals surface area contributed by atoms with E-state index in [1.165, 1.54) is 0 Å². The predicted octanol–water partition coefficient (Wildman–Crippen LogP) is 4.02. The largest absolute Gasteiger partial charge is 0.489 e. The normalized spacial score (nSPS) is 14.5. The van der Waals surface area contributed by atoms with Crippen molar-refractivity contribution in [1.29, 1.82) is 0 Å². The van der Waals surface area contributed by atoms with Gasteiger partial charge in [0.25, 0.3) is 0 Å². The molecule has 0 atom stereocenters. The summed E-state index contributed by atoms with van der Waals surface area (Å²) < 4.78 is 16.8. The zero-order chi connectivity index (χ0) is 18.6. The van der Waals surface area contributed by atoms with Gasteiger partial charge in [-0.1, -0.05) is 30.9 Å². The summed E-state index contributed by atoms with van der Waals surface area (Å²) in [5.41, 5.74) is 2.01. The standard InChI is InChI=1S/C21H22N2O3S/c1-2-11-24-18-6-4-3-5-15(18)13-23(21(27)22-16-7-8-16)17-9-10-19-20(12-17)26-14-25-19/h2-6,9-10,12,16H,1,7-8,11,13-14H2,(H,22,27). The summed E-state index contributed by atoms with van der Waals surface area (Å²) in [6, 6.07) is 14.4. The van der Waals surface area contributed by atoms with E-state index in [2.05, 4.69) is 22.9 Å². The van der Waals surface area contributed by atoms with Crippen LogP contribution < -0.4 is 24.4 Å². The van der Waals surface area contributed by atoms with E-state index in [0.29, 0.717) is 24.3 Å². The number of rotatable bonds is 7. The molecule has 2 aromatic carbocycles. The number of nitrogens with one attached hydrogen (secondary N) is 1. The quantitative estimate of drug-likeness (QED) is 0.576. The highest BCUT2D eigenvalue weighted by Crippen LogP contribution is 2.36. The van der Waals surface area contributed by atoms with Crippen molar-refractivity contribution in [2.75, 3.05) is 18.3 Å². The van der Waals surface area contributed by atoms with Gasteiger partial charge < -0.3 is 24.4 Å². The van der Waals surface area contributed by atoms with Gasteiger partial charge in [0.1, 0.15) is 12.4 Å². The summed E-state index contributed by atoms with van der Waals surface area (Å²) in [4.78, 5) is 2.08. The summed E-state index contributed by atoms with van der Waals surface area (Å²) in [5, 5.41) is 4.13. The lowest BCUT2D eigenvalue weighted by atomic mass is 10.1. The molecule has 0 bridgehead atoms. The molecule has 27 heavy (non-hydrogen) atoms. The maximum atomic E-state index is 5.82. The first kappa shape index (κ1) is 17.7. The van der Waals surface area contributed by atoms with E-state index in [4.69, 9.17) is 26.4 Å². The fourth-order valence-electron chi connectivity index (χ4n) is 2.91. The number of hydrogen-bond acceptors (Lipinski definition) is 4. The van der Waals surface area contributed by atoms with Crippen LogP contribution in [0.4, 0.5) is 5.69 Å². The van der Waals surface area contributed by atoms with Gasteiger partial charge in [-0.2, -0.15) is 0 Å². The Bertz CT molecular complexity index is 851. The van der Waals surface area contributed by atoms with Gasteiger partial charge in [0.15, 0.2) is 16.6 Å². The van der Waals surface area contributed by atoms with Crippen molar-refractivity contribution in [3.8, 4) is 17.2 Å². The highest BCUT2D eigenvalue weighted by molar-refractivity contribution is 7.80. The molecule has 2 aliphatic rings. The van der Waals surface area contributed by atoms with E-state index in [1.54, 1.807) is 6.08 Å². The SMILES string of the molecule is C=CCOc1ccccc1CN(C(=S)NC1CC1)c1ccc2c(c1)OCO2. The zero-order valence-electron chi connectivity index (χ0n) is 15.0. The minimum Gasteiger partial charge on any atom is -0.489 e. The minimum atomic E-state index is 0.252. The first-order chi connectivity index (χ1) is 13.2. The van der Waals surface area contributed by atoms with E-state index < -0.39 is 0 Å². The monoisotopic (exact) mass is 382 g/mol. The molecular formula is C21H22N2O3S. The summed E-state index contributed by atoms with van der Waals surface area (Å²) in [7, 11) is 0. The Hall–Kier alpha value is -2.73. The third-order valence-corrected chi connectivity index (χ3v) is 4.81. The molecule has 1 aliphatic carbocycles. The molecular weight excluding hydrogens is 360 g/mol. The molecule has 0 spiro atoms. The van der Waals surface area contributed by atoms with E-state index in [1.807, 2.05) is 36.4 Å². The van der Waals surface area contributed by atoms with Crippen LogP contribution in [0.5, 0.6) is 17.2 Å². The van der Waals surface area contributed by atoms with Crippen LogP contribution in [0.25, 0.3) is 0 Å². The lowest BCUT2D eigenvalue weighted by Crippen LogP contribution is -2.40. The highest BCUT2D eigenvalue weighted by Gasteiger charge is 2.26. The molecule has 140 valence electrons. The molecule has 6 heteroatoms. The predicted molar refractivity (Wildman–Crippen MR) is 110 cm³/mol. The Balaban J connectivity index is 1.62. The fraction of sp³-hybridized carbons (Fsp3) is 0.286. The number of thiocarbonyl (C=S) groups is 1. The zero-order valence-corrected chi connectivity index (χ0v) is 15.8. The minimum absolute atomic E-state index is 0.252. The van der Waals surface area contributed by atoms with Gasteiger partial charge >= 0.3 is 0 Å². The number of ether oxygens (including phenoxy) is 3. The van der Waals surface area contributed by atoms with Gasteiger partial charge in [-0.15, -0.1) is 0 Å². The summed E-state index contributed by atoms with van der Waals surface area (Å²) in [6.45, 7) is 5.03. The Morgan fingerprint density at radius 3 is 2.85 bits per heavy atom. The van der Waals surface area contributed by atoms with E-state index in [-0.39, 0.29) is 6.79 Å². The number of nitrogens with zero attached hydrogens (tertiary/aromatic N) is 1. The van der Waals surface area contributed by atoms with Crippen molar-refractivity contribution in [2.45, 2.75) is 25.4 Å². The first-order valence-corrected chi connectivity index (χ1v) is 9.44. The number of hydrogen-bond donors (Lipinski definition) is 1. The van der Waals surface area contributed by atoms with Crippen LogP contribution in [-0.4, -0.2) is 24.6 Å². The maximum Gasteiger partial charge on any atom is 0.231 e. The molecule has 1 saturated carbocycles. The first-order valence-electron chi connectivity index (χ1n) is 9.04. The van der Waals surface area contributed by atoms with Crippen molar-refractivity contribution < 1.29 is 14.2 Å². The van der Waals surface area contributed by atoms with Gasteiger partial charge in [-0.25, -0.2) is 0 Å². The summed E-state index contributed by atoms with van der Waals surface area (Å²) in [6.07, 6.45) is 4.06. The third-order valence-electron chi connectivity index (χ3n) is 4.48. The summed E-state index contributed by atoms with van der Waals surface area (Å²) >= 11 is 5.72. The van der Waals surface area contributed by atoms with Crippen LogP contribution in [0.2, 0.25) is 0 Å². The molecule has 0 amide bonds. The number of para-hydroxylation sites is 1. The fourth-order valence-corrected chi connectivity index (χ4v) is 3.24. The number of benzene rings is 2. The van der Waals surface area contributed by atoms with E-state index in [9.17, 15) is 0 Å². The molecule has 1 aliphatic heterocycles. The Labute approximate surface area is 164 Å². The molecule has 1 N–H and O–H groups in total. The average molecular weight is 382 g/mol. The number of fused-ring (bicyclic) bond motifs is 1. The second kappa shape index (κ2) is 7.88. The second-order valence-electron chi connectivity index (χ2n) is 6.55. The van der Waals surface area contributed by atoms with Gasteiger partial charge in [-0.05, 0) is 43.3 Å². The molecule has 0 saturated heterocycles. The smallest absolute Gasteiger partial charge is 0.231 e. The molecule has 1 fully saturated rings. The van der Waals surface area contributed by atoms with Gasteiger partial charge in [0, 0.05) is 23.4 Å². The second-order valence-corrected chi connectivity index (χ2v) is 6.94. The Morgan fingerprint density at radius 1 is 1.22 bits per heavy atom. The van der Waals surface area contributed by atoms with E-state index >= 15 is 0 Å². The van der Waals surface area contributed by atoms with Crippen LogP contribution in [0.3, 0.4) is 0 Å². The van der Waals surface area contributed by atoms with Crippen molar-refractivity contribution in [1.82, 2.24) is 5.32 Å². The topological polar surface area (TPSA) is 43.0 Å². The molecule has 1 heterocycles. The van der Waals surface area contributed by atoms with Crippen molar-refractivity contribution in [2.24, 2.45) is 0 Å². The van der Waals surface area contributed by atoms with Crippen LogP contribution >= 0.6 is 12.2 Å². The van der Waals surface area contributed by atoms with Gasteiger partial charge in [-0.3, -0.25) is 0 Å². The molecule has 2 aromatic rings.